The summed E-state index contributed by atoms with van der Waals surface area (Å²) in [5.41, 5.74) is 4.16. The van der Waals surface area contributed by atoms with Crippen LogP contribution in [0.25, 0.3) is 11.0 Å². The number of aromatic nitrogens is 2. The molecule has 1 atom stereocenters. The number of carbonyl (C=O) groups is 1. The van der Waals surface area contributed by atoms with Crippen LogP contribution < -0.4 is 0 Å². The fourth-order valence-corrected chi connectivity index (χ4v) is 2.68. The predicted molar refractivity (Wildman–Crippen MR) is 93.7 cm³/mol. The van der Waals surface area contributed by atoms with E-state index in [1.165, 1.54) is 11.1 Å². The van der Waals surface area contributed by atoms with Gasteiger partial charge in [0.15, 0.2) is 5.25 Å². The molecule has 23 heavy (non-hydrogen) atoms. The lowest BCUT2D eigenvalue weighted by Crippen LogP contribution is -2.12. The Morgan fingerprint density at radius 3 is 2.74 bits per heavy atom. The van der Waals surface area contributed by atoms with Gasteiger partial charge in [-0.15, -0.1) is 0 Å². The van der Waals surface area contributed by atoms with E-state index in [-0.39, 0.29) is 5.97 Å². The van der Waals surface area contributed by atoms with Gasteiger partial charge in [0.1, 0.15) is 5.82 Å². The zero-order valence-electron chi connectivity index (χ0n) is 12.8. The molecule has 0 saturated heterocycles. The van der Waals surface area contributed by atoms with E-state index in [1.54, 1.807) is 6.92 Å². The summed E-state index contributed by atoms with van der Waals surface area (Å²) in [6, 6.07) is 16.4. The summed E-state index contributed by atoms with van der Waals surface area (Å²) in [6.45, 7) is 2.10. The Labute approximate surface area is 140 Å². The maximum Gasteiger partial charge on any atom is 0.326 e. The second-order valence-corrected chi connectivity index (χ2v) is 5.81. The number of nitrogens with one attached hydrogen (secondary N) is 1. The number of carbonyl (C=O) groups excluding carboxylic acids is 1. The van der Waals surface area contributed by atoms with Crippen LogP contribution in [-0.2, 0) is 16.0 Å². The minimum absolute atomic E-state index is 0.331. The third-order valence-electron chi connectivity index (χ3n) is 3.58. The van der Waals surface area contributed by atoms with Gasteiger partial charge in [-0.25, -0.2) is 4.98 Å². The lowest BCUT2D eigenvalue weighted by Gasteiger charge is -2.05. The predicted octanol–water partition coefficient (Wildman–Crippen LogP) is 3.69. The molecule has 3 rings (SSSR count). The van der Waals surface area contributed by atoms with Crippen molar-refractivity contribution in [3.05, 3.63) is 65.5 Å². The smallest absolute Gasteiger partial charge is 0.326 e. The molecule has 0 aliphatic heterocycles. The first kappa shape index (κ1) is 15.6. The Bertz CT molecular complexity index is 814. The molecule has 0 fully saturated rings. The molecular formula is C18H18N2O2S. The van der Waals surface area contributed by atoms with Crippen LogP contribution in [0, 0.1) is 0 Å². The van der Waals surface area contributed by atoms with Gasteiger partial charge in [-0.1, -0.05) is 36.4 Å². The van der Waals surface area contributed by atoms with Crippen LogP contribution in [0.2, 0.25) is 0 Å². The fraction of sp³-hybridized carbons (Fsp3) is 0.222. The number of fused-ring (bicyclic) bond motifs is 1. The van der Waals surface area contributed by atoms with Crippen LogP contribution in [0.1, 0.15) is 29.1 Å². The van der Waals surface area contributed by atoms with Crippen molar-refractivity contribution in [2.45, 2.75) is 18.6 Å². The van der Waals surface area contributed by atoms with Crippen LogP contribution in [0.4, 0.5) is 0 Å². The molecule has 1 unspecified atom stereocenters. The summed E-state index contributed by atoms with van der Waals surface area (Å²) in [6.07, 6.45) is 0.854. The Balaban J connectivity index is 1.84. The molecule has 3 aromatic rings. The van der Waals surface area contributed by atoms with Crippen LogP contribution in [-0.4, -0.2) is 22.5 Å². The Hall–Kier alpha value is -2.27. The number of rotatable bonds is 5. The van der Waals surface area contributed by atoms with E-state index < -0.39 is 5.25 Å². The van der Waals surface area contributed by atoms with E-state index >= 15 is 0 Å². The van der Waals surface area contributed by atoms with Gasteiger partial charge in [-0.3, -0.25) is 4.79 Å². The van der Waals surface area contributed by atoms with Crippen molar-refractivity contribution in [2.24, 2.45) is 0 Å². The number of nitrogens with zero attached hydrogens (tertiary/aromatic N) is 1. The lowest BCUT2D eigenvalue weighted by atomic mass is 10.0. The molecule has 5 heteroatoms. The quantitative estimate of drug-likeness (QED) is 0.555. The summed E-state index contributed by atoms with van der Waals surface area (Å²) in [4.78, 5) is 19.4. The average molecular weight is 326 g/mol. The summed E-state index contributed by atoms with van der Waals surface area (Å²) in [5, 5.41) is -0.695. The molecule has 1 heterocycles. The highest BCUT2D eigenvalue weighted by Crippen LogP contribution is 2.23. The van der Waals surface area contributed by atoms with E-state index in [4.69, 9.17) is 4.74 Å². The van der Waals surface area contributed by atoms with Gasteiger partial charge < -0.3 is 9.72 Å². The van der Waals surface area contributed by atoms with Crippen LogP contribution in [0.5, 0.6) is 0 Å². The number of aromatic amines is 1. The standard InChI is InChI=1S/C18H18N2O2S/c1-2-22-18(21)16(23)17-19-14-9-8-13(11-15(14)20-17)10-12-6-4-3-5-7-12/h3-9,11,16,23H,2,10H2,1H3,(H,19,20). The summed E-state index contributed by atoms with van der Waals surface area (Å²) in [7, 11) is 0. The van der Waals surface area contributed by atoms with Crippen molar-refractivity contribution in [2.75, 3.05) is 6.61 Å². The third-order valence-corrected chi connectivity index (χ3v) is 4.04. The topological polar surface area (TPSA) is 55.0 Å². The minimum atomic E-state index is -0.695. The Morgan fingerprint density at radius 2 is 2.00 bits per heavy atom. The van der Waals surface area contributed by atoms with Gasteiger partial charge >= 0.3 is 5.97 Å². The van der Waals surface area contributed by atoms with E-state index in [0.29, 0.717) is 12.4 Å². The van der Waals surface area contributed by atoms with Crippen molar-refractivity contribution in [3.63, 3.8) is 0 Å². The summed E-state index contributed by atoms with van der Waals surface area (Å²) in [5.74, 6) is 0.123. The van der Waals surface area contributed by atoms with E-state index in [1.807, 2.05) is 24.3 Å². The van der Waals surface area contributed by atoms with Crippen LogP contribution in [0.3, 0.4) is 0 Å². The van der Waals surface area contributed by atoms with Gasteiger partial charge in [0, 0.05) is 0 Å². The second kappa shape index (κ2) is 6.87. The normalized spacial score (nSPS) is 12.3. The molecule has 0 amide bonds. The first-order valence-corrected chi connectivity index (χ1v) is 8.06. The van der Waals surface area contributed by atoms with Gasteiger partial charge in [-0.2, -0.15) is 12.6 Å². The number of ether oxygens (including phenoxy) is 1. The molecule has 1 aromatic heterocycles. The highest BCUT2D eigenvalue weighted by molar-refractivity contribution is 7.81. The van der Waals surface area contributed by atoms with E-state index in [0.717, 1.165) is 17.5 Å². The number of imidazole rings is 1. The molecular weight excluding hydrogens is 308 g/mol. The maximum atomic E-state index is 11.8. The first-order valence-electron chi connectivity index (χ1n) is 7.54. The molecule has 4 nitrogen and oxygen atoms in total. The Kier molecular flexibility index (Phi) is 4.67. The monoisotopic (exact) mass is 326 g/mol. The third kappa shape index (κ3) is 3.56. The highest BCUT2D eigenvalue weighted by Gasteiger charge is 2.21. The summed E-state index contributed by atoms with van der Waals surface area (Å²) >= 11 is 4.30. The van der Waals surface area contributed by atoms with Crippen molar-refractivity contribution >= 4 is 29.6 Å². The number of H-pyrrole nitrogens is 1. The molecule has 2 aromatic carbocycles. The number of benzene rings is 2. The first-order chi connectivity index (χ1) is 11.2. The van der Waals surface area contributed by atoms with Crippen molar-refractivity contribution < 1.29 is 9.53 Å². The zero-order valence-corrected chi connectivity index (χ0v) is 13.7. The van der Waals surface area contributed by atoms with Gasteiger partial charge in [-0.05, 0) is 36.6 Å². The zero-order chi connectivity index (χ0) is 16.2. The molecule has 0 aliphatic rings. The SMILES string of the molecule is CCOC(=O)C(S)c1nc2ccc(Cc3ccccc3)cc2[nH]1. The van der Waals surface area contributed by atoms with Crippen LogP contribution in [0.15, 0.2) is 48.5 Å². The molecule has 118 valence electrons. The van der Waals surface area contributed by atoms with Crippen molar-refractivity contribution in [1.29, 1.82) is 0 Å². The number of esters is 1. The molecule has 0 spiro atoms. The van der Waals surface area contributed by atoms with Crippen molar-refractivity contribution in [1.82, 2.24) is 9.97 Å². The van der Waals surface area contributed by atoms with E-state index in [9.17, 15) is 4.79 Å². The summed E-state index contributed by atoms with van der Waals surface area (Å²) < 4.78 is 4.98. The molecule has 0 aliphatic carbocycles. The van der Waals surface area contributed by atoms with Gasteiger partial charge in [0.05, 0.1) is 17.6 Å². The highest BCUT2D eigenvalue weighted by atomic mass is 32.1. The van der Waals surface area contributed by atoms with Crippen LogP contribution >= 0.6 is 12.6 Å². The fourth-order valence-electron chi connectivity index (χ4n) is 2.48. The molecule has 0 radical (unpaired) electrons. The number of hydrogen-bond acceptors (Lipinski definition) is 4. The maximum absolute atomic E-state index is 11.8. The number of thiol groups is 1. The van der Waals surface area contributed by atoms with Gasteiger partial charge in [0.2, 0.25) is 0 Å². The lowest BCUT2D eigenvalue weighted by molar-refractivity contribution is -0.142. The molecule has 0 saturated carbocycles. The van der Waals surface area contributed by atoms with Crippen molar-refractivity contribution in [3.8, 4) is 0 Å². The largest absolute Gasteiger partial charge is 0.465 e. The minimum Gasteiger partial charge on any atom is -0.465 e. The van der Waals surface area contributed by atoms with Gasteiger partial charge in [0.25, 0.3) is 0 Å². The average Bonchev–Trinajstić information content (AvgIpc) is 2.98. The number of hydrogen-bond donors (Lipinski definition) is 2. The molecule has 1 N–H and O–H groups in total. The Morgan fingerprint density at radius 1 is 1.22 bits per heavy atom. The molecule has 0 bridgehead atoms. The van der Waals surface area contributed by atoms with E-state index in [2.05, 4.69) is 46.9 Å². The second-order valence-electron chi connectivity index (χ2n) is 5.29.